The van der Waals surface area contributed by atoms with E-state index in [1.165, 1.54) is 0 Å². The zero-order valence-corrected chi connectivity index (χ0v) is 11.0. The summed E-state index contributed by atoms with van der Waals surface area (Å²) in [5.41, 5.74) is 0. The Morgan fingerprint density at radius 1 is 1.50 bits per heavy atom. The van der Waals surface area contributed by atoms with Crippen molar-refractivity contribution in [2.45, 2.75) is 38.6 Å². The van der Waals surface area contributed by atoms with Gasteiger partial charge in [-0.05, 0) is 32.1 Å². The van der Waals surface area contributed by atoms with E-state index in [-0.39, 0.29) is 17.9 Å². The average molecular weight is 254 g/mol. The lowest BCUT2D eigenvalue weighted by atomic mass is 9.98. The van der Waals surface area contributed by atoms with E-state index in [1.54, 1.807) is 0 Å². The summed E-state index contributed by atoms with van der Waals surface area (Å²) in [7, 11) is 0. The van der Waals surface area contributed by atoms with Gasteiger partial charge in [-0.25, -0.2) is 0 Å². The largest absolute Gasteiger partial charge is 0.381 e. The van der Waals surface area contributed by atoms with E-state index >= 15 is 0 Å². The van der Waals surface area contributed by atoms with Gasteiger partial charge in [0.15, 0.2) is 0 Å². The molecule has 2 saturated heterocycles. The quantitative estimate of drug-likeness (QED) is 0.796. The van der Waals surface area contributed by atoms with Gasteiger partial charge in [-0.1, -0.05) is 0 Å². The number of hydrogen-bond acceptors (Lipinski definition) is 3. The lowest BCUT2D eigenvalue weighted by Crippen LogP contribution is -2.49. The van der Waals surface area contributed by atoms with Crippen molar-refractivity contribution >= 4 is 11.8 Å². The highest BCUT2D eigenvalue weighted by atomic mass is 16.5. The molecule has 102 valence electrons. The van der Waals surface area contributed by atoms with E-state index in [9.17, 15) is 9.59 Å². The first-order valence-corrected chi connectivity index (χ1v) is 6.86. The van der Waals surface area contributed by atoms with Crippen LogP contribution in [-0.4, -0.2) is 49.1 Å². The topological polar surface area (TPSA) is 58.6 Å². The van der Waals surface area contributed by atoms with E-state index in [4.69, 9.17) is 4.74 Å². The lowest BCUT2D eigenvalue weighted by molar-refractivity contribution is -0.136. The average Bonchev–Trinajstić information content (AvgIpc) is 2.82. The Labute approximate surface area is 108 Å². The van der Waals surface area contributed by atoms with Gasteiger partial charge in [-0.2, -0.15) is 0 Å². The molecule has 2 aliphatic heterocycles. The molecule has 0 spiro atoms. The van der Waals surface area contributed by atoms with Gasteiger partial charge in [0.2, 0.25) is 11.8 Å². The molecule has 18 heavy (non-hydrogen) atoms. The second-order valence-electron chi connectivity index (χ2n) is 5.11. The van der Waals surface area contributed by atoms with Crippen LogP contribution >= 0.6 is 0 Å². The Hall–Kier alpha value is -1.10. The molecule has 5 heteroatoms. The summed E-state index contributed by atoms with van der Waals surface area (Å²) in [4.78, 5) is 25.3. The third-order valence-corrected chi connectivity index (χ3v) is 3.68. The summed E-state index contributed by atoms with van der Waals surface area (Å²) in [6.07, 6.45) is 3.28. The molecule has 0 saturated carbocycles. The summed E-state index contributed by atoms with van der Waals surface area (Å²) in [6, 6.07) is -0.289. The Morgan fingerprint density at radius 3 is 3.00 bits per heavy atom. The molecular weight excluding hydrogens is 232 g/mol. The summed E-state index contributed by atoms with van der Waals surface area (Å²) >= 11 is 0. The summed E-state index contributed by atoms with van der Waals surface area (Å²) in [6.45, 7) is 5.03. The molecule has 0 aliphatic carbocycles. The standard InChI is InChI=1S/C13H22N2O3/c1-2-18-9-10-4-3-7-15(8-10)13(17)11-5-6-12(16)14-11/h10-11H,2-9H2,1H3,(H,14,16). The molecule has 2 fully saturated rings. The van der Waals surface area contributed by atoms with Crippen LogP contribution in [0.5, 0.6) is 0 Å². The van der Waals surface area contributed by atoms with Crippen LogP contribution in [0, 0.1) is 5.92 Å². The van der Waals surface area contributed by atoms with E-state index < -0.39 is 0 Å². The van der Waals surface area contributed by atoms with Crippen molar-refractivity contribution in [3.05, 3.63) is 0 Å². The first-order chi connectivity index (χ1) is 8.70. The smallest absolute Gasteiger partial charge is 0.245 e. The molecular formula is C13H22N2O3. The predicted octanol–water partition coefficient (Wildman–Crippen LogP) is 0.540. The van der Waals surface area contributed by atoms with Gasteiger partial charge in [-0.15, -0.1) is 0 Å². The molecule has 0 aromatic rings. The predicted molar refractivity (Wildman–Crippen MR) is 67.0 cm³/mol. The third kappa shape index (κ3) is 3.22. The van der Waals surface area contributed by atoms with Gasteiger partial charge in [0, 0.05) is 26.1 Å². The number of nitrogens with one attached hydrogen (secondary N) is 1. The Balaban J connectivity index is 1.84. The van der Waals surface area contributed by atoms with Crippen LogP contribution in [0.15, 0.2) is 0 Å². The monoisotopic (exact) mass is 254 g/mol. The molecule has 0 aromatic heterocycles. The van der Waals surface area contributed by atoms with E-state index in [0.717, 1.165) is 39.1 Å². The van der Waals surface area contributed by atoms with Crippen LogP contribution in [0.4, 0.5) is 0 Å². The van der Waals surface area contributed by atoms with Crippen LogP contribution < -0.4 is 5.32 Å². The highest BCUT2D eigenvalue weighted by Crippen LogP contribution is 2.19. The minimum Gasteiger partial charge on any atom is -0.381 e. The molecule has 5 nitrogen and oxygen atoms in total. The highest BCUT2D eigenvalue weighted by molar-refractivity contribution is 5.90. The minimum atomic E-state index is -0.289. The fraction of sp³-hybridized carbons (Fsp3) is 0.846. The maximum atomic E-state index is 12.2. The number of rotatable bonds is 4. The van der Waals surface area contributed by atoms with Crippen molar-refractivity contribution in [1.82, 2.24) is 10.2 Å². The van der Waals surface area contributed by atoms with Gasteiger partial charge in [0.05, 0.1) is 6.61 Å². The molecule has 2 aliphatic rings. The fourth-order valence-electron chi connectivity index (χ4n) is 2.71. The number of piperidine rings is 1. The molecule has 0 bridgehead atoms. The molecule has 0 radical (unpaired) electrons. The Bertz CT molecular complexity index is 319. The second-order valence-corrected chi connectivity index (χ2v) is 5.11. The van der Waals surface area contributed by atoms with E-state index in [0.29, 0.717) is 18.8 Å². The summed E-state index contributed by atoms with van der Waals surface area (Å²) in [5.74, 6) is 0.526. The van der Waals surface area contributed by atoms with Crippen molar-refractivity contribution in [1.29, 1.82) is 0 Å². The SMILES string of the molecule is CCOCC1CCCN(C(=O)C2CCC(=O)N2)C1. The van der Waals surface area contributed by atoms with E-state index in [1.807, 2.05) is 11.8 Å². The maximum absolute atomic E-state index is 12.2. The second kappa shape index (κ2) is 6.18. The van der Waals surface area contributed by atoms with Gasteiger partial charge in [0.1, 0.15) is 6.04 Å². The van der Waals surface area contributed by atoms with Crippen molar-refractivity contribution in [2.24, 2.45) is 5.92 Å². The molecule has 2 heterocycles. The molecule has 0 aromatic carbocycles. The maximum Gasteiger partial charge on any atom is 0.245 e. The first-order valence-electron chi connectivity index (χ1n) is 6.86. The van der Waals surface area contributed by atoms with Crippen LogP contribution in [0.25, 0.3) is 0 Å². The molecule has 2 unspecified atom stereocenters. The normalized spacial score (nSPS) is 28.3. The lowest BCUT2D eigenvalue weighted by Gasteiger charge is -2.34. The zero-order chi connectivity index (χ0) is 13.0. The van der Waals surface area contributed by atoms with E-state index in [2.05, 4.69) is 5.32 Å². The fourth-order valence-corrected chi connectivity index (χ4v) is 2.71. The Kier molecular flexibility index (Phi) is 4.58. The number of carbonyl (C=O) groups excluding carboxylic acids is 2. The van der Waals surface area contributed by atoms with Crippen molar-refractivity contribution in [2.75, 3.05) is 26.3 Å². The number of amides is 2. The van der Waals surface area contributed by atoms with Crippen LogP contribution in [0.3, 0.4) is 0 Å². The van der Waals surface area contributed by atoms with Gasteiger partial charge >= 0.3 is 0 Å². The Morgan fingerprint density at radius 2 is 2.33 bits per heavy atom. The number of hydrogen-bond donors (Lipinski definition) is 1. The van der Waals surface area contributed by atoms with Crippen molar-refractivity contribution < 1.29 is 14.3 Å². The minimum absolute atomic E-state index is 0.00349. The summed E-state index contributed by atoms with van der Waals surface area (Å²) in [5, 5.41) is 2.75. The number of carbonyl (C=O) groups is 2. The number of ether oxygens (including phenoxy) is 1. The zero-order valence-electron chi connectivity index (χ0n) is 11.0. The molecule has 1 N–H and O–H groups in total. The van der Waals surface area contributed by atoms with Crippen molar-refractivity contribution in [3.63, 3.8) is 0 Å². The van der Waals surface area contributed by atoms with Crippen LogP contribution in [0.1, 0.15) is 32.6 Å². The molecule has 2 rings (SSSR count). The third-order valence-electron chi connectivity index (χ3n) is 3.68. The number of nitrogens with zero attached hydrogens (tertiary/aromatic N) is 1. The van der Waals surface area contributed by atoms with Gasteiger partial charge in [-0.3, -0.25) is 9.59 Å². The van der Waals surface area contributed by atoms with Crippen LogP contribution in [-0.2, 0) is 14.3 Å². The first kappa shape index (κ1) is 13.3. The van der Waals surface area contributed by atoms with Crippen molar-refractivity contribution in [3.8, 4) is 0 Å². The molecule has 2 atom stereocenters. The highest BCUT2D eigenvalue weighted by Gasteiger charge is 2.33. The molecule has 2 amide bonds. The summed E-state index contributed by atoms with van der Waals surface area (Å²) < 4.78 is 5.44. The van der Waals surface area contributed by atoms with Gasteiger partial charge < -0.3 is 15.0 Å². The number of likely N-dealkylation sites (tertiary alicyclic amines) is 1. The van der Waals surface area contributed by atoms with Crippen LogP contribution in [0.2, 0.25) is 0 Å². The van der Waals surface area contributed by atoms with Gasteiger partial charge in [0.25, 0.3) is 0 Å².